The smallest absolute Gasteiger partial charge is 0.255 e. The summed E-state index contributed by atoms with van der Waals surface area (Å²) in [5, 5.41) is 10.3. The van der Waals surface area contributed by atoms with E-state index in [9.17, 15) is 9.59 Å². The maximum absolute atomic E-state index is 12.3. The Morgan fingerprint density at radius 2 is 1.77 bits per heavy atom. The van der Waals surface area contributed by atoms with Crippen LogP contribution in [-0.4, -0.2) is 30.5 Å². The third kappa shape index (κ3) is 4.90. The van der Waals surface area contributed by atoms with E-state index in [0.29, 0.717) is 16.4 Å². The molecule has 3 aromatic carbocycles. The number of benzene rings is 3. The highest BCUT2D eigenvalue weighted by Gasteiger charge is 2.12. The van der Waals surface area contributed by atoms with Gasteiger partial charge < -0.3 is 15.4 Å². The standard InChI is InChI=1S/C24H21N3O3S/c1-30-21-9-5-4-8-19(21)23(29)25-13-12-22(28)27-24-26-20(15-31-24)18-11-10-16-6-2-3-7-17(16)14-18/h2-11,14-15H,12-13H2,1H3,(H,25,29)(H,26,27,28). The Hall–Kier alpha value is -3.71. The van der Waals surface area contributed by atoms with Crippen LogP contribution in [0.15, 0.2) is 72.1 Å². The summed E-state index contributed by atoms with van der Waals surface area (Å²) in [7, 11) is 1.51. The van der Waals surface area contributed by atoms with Crippen molar-refractivity contribution in [2.45, 2.75) is 6.42 Å². The zero-order chi connectivity index (χ0) is 21.6. The lowest BCUT2D eigenvalue weighted by Gasteiger charge is -2.08. The van der Waals surface area contributed by atoms with Gasteiger partial charge in [-0.25, -0.2) is 4.98 Å². The van der Waals surface area contributed by atoms with Gasteiger partial charge in [-0.15, -0.1) is 11.3 Å². The second-order valence-corrected chi connectivity index (χ2v) is 7.71. The largest absolute Gasteiger partial charge is 0.496 e. The fourth-order valence-corrected chi connectivity index (χ4v) is 3.95. The fourth-order valence-electron chi connectivity index (χ4n) is 3.21. The van der Waals surface area contributed by atoms with Crippen molar-refractivity contribution in [2.75, 3.05) is 19.0 Å². The Labute approximate surface area is 183 Å². The number of methoxy groups -OCH3 is 1. The Morgan fingerprint density at radius 1 is 1.00 bits per heavy atom. The summed E-state index contributed by atoms with van der Waals surface area (Å²) >= 11 is 1.37. The number of ether oxygens (including phenoxy) is 1. The second-order valence-electron chi connectivity index (χ2n) is 6.85. The molecule has 0 saturated carbocycles. The Morgan fingerprint density at radius 3 is 2.61 bits per heavy atom. The molecule has 0 saturated heterocycles. The van der Waals surface area contributed by atoms with Crippen LogP contribution in [0, 0.1) is 0 Å². The summed E-state index contributed by atoms with van der Waals surface area (Å²) in [5.41, 5.74) is 2.25. The highest BCUT2D eigenvalue weighted by atomic mass is 32.1. The summed E-state index contributed by atoms with van der Waals surface area (Å²) in [4.78, 5) is 29.1. The molecule has 7 heteroatoms. The molecular weight excluding hydrogens is 410 g/mol. The molecule has 0 atom stereocenters. The van der Waals surface area contributed by atoms with E-state index in [4.69, 9.17) is 4.74 Å². The minimum absolute atomic E-state index is 0.145. The van der Waals surface area contributed by atoms with Crippen molar-refractivity contribution in [3.05, 3.63) is 77.7 Å². The van der Waals surface area contributed by atoms with Gasteiger partial charge >= 0.3 is 0 Å². The van der Waals surface area contributed by atoms with Gasteiger partial charge in [0.1, 0.15) is 5.75 Å². The van der Waals surface area contributed by atoms with Crippen LogP contribution in [0.4, 0.5) is 5.13 Å². The van der Waals surface area contributed by atoms with E-state index in [1.807, 2.05) is 23.6 Å². The molecule has 2 amide bonds. The first-order valence-electron chi connectivity index (χ1n) is 9.80. The first-order chi connectivity index (χ1) is 15.1. The minimum atomic E-state index is -0.280. The molecule has 1 aromatic heterocycles. The van der Waals surface area contributed by atoms with Gasteiger partial charge in [0.15, 0.2) is 5.13 Å². The Bertz CT molecular complexity index is 1240. The number of amides is 2. The zero-order valence-electron chi connectivity index (χ0n) is 16.9. The lowest BCUT2D eigenvalue weighted by Crippen LogP contribution is -2.28. The van der Waals surface area contributed by atoms with E-state index in [2.05, 4.69) is 39.9 Å². The van der Waals surface area contributed by atoms with Crippen LogP contribution in [0.25, 0.3) is 22.0 Å². The Kier molecular flexibility index (Phi) is 6.24. The van der Waals surface area contributed by atoms with Crippen molar-refractivity contribution in [2.24, 2.45) is 0 Å². The first-order valence-corrected chi connectivity index (χ1v) is 10.7. The van der Waals surface area contributed by atoms with Gasteiger partial charge in [0.2, 0.25) is 5.91 Å². The van der Waals surface area contributed by atoms with Crippen LogP contribution < -0.4 is 15.4 Å². The molecule has 0 bridgehead atoms. The van der Waals surface area contributed by atoms with Crippen LogP contribution in [0.2, 0.25) is 0 Å². The third-order valence-electron chi connectivity index (χ3n) is 4.78. The average Bonchev–Trinajstić information content (AvgIpc) is 3.27. The number of anilines is 1. The molecule has 0 aliphatic carbocycles. The molecule has 6 nitrogen and oxygen atoms in total. The number of nitrogens with one attached hydrogen (secondary N) is 2. The summed E-state index contributed by atoms with van der Waals surface area (Å²) < 4.78 is 5.19. The van der Waals surface area contributed by atoms with Crippen LogP contribution in [-0.2, 0) is 4.79 Å². The van der Waals surface area contributed by atoms with Crippen molar-refractivity contribution in [3.63, 3.8) is 0 Å². The molecule has 2 N–H and O–H groups in total. The van der Waals surface area contributed by atoms with E-state index in [1.165, 1.54) is 23.8 Å². The fraction of sp³-hybridized carbons (Fsp3) is 0.125. The monoisotopic (exact) mass is 431 g/mol. The highest BCUT2D eigenvalue weighted by molar-refractivity contribution is 7.14. The maximum atomic E-state index is 12.3. The second kappa shape index (κ2) is 9.40. The topological polar surface area (TPSA) is 80.3 Å². The number of hydrogen-bond donors (Lipinski definition) is 2. The molecule has 1 heterocycles. The van der Waals surface area contributed by atoms with Crippen LogP contribution >= 0.6 is 11.3 Å². The molecule has 0 aliphatic rings. The van der Waals surface area contributed by atoms with Gasteiger partial charge in [0.05, 0.1) is 18.4 Å². The van der Waals surface area contributed by atoms with E-state index in [1.54, 1.807) is 24.3 Å². The number of thiazole rings is 1. The van der Waals surface area contributed by atoms with Gasteiger partial charge in [-0.05, 0) is 29.0 Å². The normalized spacial score (nSPS) is 10.6. The molecule has 31 heavy (non-hydrogen) atoms. The van der Waals surface area contributed by atoms with Gasteiger partial charge in [0.25, 0.3) is 5.91 Å². The molecule has 0 aliphatic heterocycles. The third-order valence-corrected chi connectivity index (χ3v) is 5.54. The number of fused-ring (bicyclic) bond motifs is 1. The van der Waals surface area contributed by atoms with E-state index in [-0.39, 0.29) is 24.8 Å². The van der Waals surface area contributed by atoms with Crippen molar-refractivity contribution in [3.8, 4) is 17.0 Å². The van der Waals surface area contributed by atoms with Gasteiger partial charge in [-0.1, -0.05) is 48.5 Å². The van der Waals surface area contributed by atoms with Crippen molar-refractivity contribution in [1.82, 2.24) is 10.3 Å². The Balaban J connectivity index is 1.32. The average molecular weight is 432 g/mol. The summed E-state index contributed by atoms with van der Waals surface area (Å²) in [6.07, 6.45) is 0.145. The van der Waals surface area contributed by atoms with Crippen LogP contribution in [0.3, 0.4) is 0 Å². The molecule has 4 rings (SSSR count). The molecule has 0 spiro atoms. The van der Waals surface area contributed by atoms with Crippen molar-refractivity contribution in [1.29, 1.82) is 0 Å². The molecule has 4 aromatic rings. The lowest BCUT2D eigenvalue weighted by molar-refractivity contribution is -0.116. The number of para-hydroxylation sites is 1. The van der Waals surface area contributed by atoms with Gasteiger partial charge in [0, 0.05) is 23.9 Å². The first kappa shape index (κ1) is 20.6. The summed E-state index contributed by atoms with van der Waals surface area (Å²) in [6, 6.07) is 21.3. The van der Waals surface area contributed by atoms with E-state index < -0.39 is 0 Å². The zero-order valence-corrected chi connectivity index (χ0v) is 17.7. The molecule has 0 fully saturated rings. The number of carbonyl (C=O) groups excluding carboxylic acids is 2. The lowest BCUT2D eigenvalue weighted by atomic mass is 10.1. The van der Waals surface area contributed by atoms with E-state index in [0.717, 1.165) is 16.6 Å². The number of rotatable bonds is 7. The number of carbonyl (C=O) groups is 2. The minimum Gasteiger partial charge on any atom is -0.496 e. The molecule has 0 radical (unpaired) electrons. The maximum Gasteiger partial charge on any atom is 0.255 e. The molecule has 0 unspecified atom stereocenters. The summed E-state index contributed by atoms with van der Waals surface area (Å²) in [6.45, 7) is 0.214. The summed E-state index contributed by atoms with van der Waals surface area (Å²) in [5.74, 6) is 0.00582. The predicted octanol–water partition coefficient (Wildman–Crippen LogP) is 4.73. The predicted molar refractivity (Wildman–Crippen MR) is 124 cm³/mol. The van der Waals surface area contributed by atoms with Crippen molar-refractivity contribution >= 4 is 39.1 Å². The van der Waals surface area contributed by atoms with Gasteiger partial charge in [-0.3, -0.25) is 9.59 Å². The quantitative estimate of drug-likeness (QED) is 0.443. The van der Waals surface area contributed by atoms with Crippen LogP contribution in [0.5, 0.6) is 5.75 Å². The molecule has 156 valence electrons. The van der Waals surface area contributed by atoms with Crippen molar-refractivity contribution < 1.29 is 14.3 Å². The van der Waals surface area contributed by atoms with E-state index >= 15 is 0 Å². The number of hydrogen-bond acceptors (Lipinski definition) is 5. The molecular formula is C24H21N3O3S. The SMILES string of the molecule is COc1ccccc1C(=O)NCCC(=O)Nc1nc(-c2ccc3ccccc3c2)cs1. The number of nitrogens with zero attached hydrogens (tertiary/aromatic N) is 1. The number of aromatic nitrogens is 1. The van der Waals surface area contributed by atoms with Crippen LogP contribution in [0.1, 0.15) is 16.8 Å². The van der Waals surface area contributed by atoms with Gasteiger partial charge in [-0.2, -0.15) is 0 Å². The highest BCUT2D eigenvalue weighted by Crippen LogP contribution is 2.27.